The zero-order valence-corrected chi connectivity index (χ0v) is 15.1. The molecule has 1 spiro atoms. The first-order chi connectivity index (χ1) is 13.0. The van der Waals surface area contributed by atoms with Gasteiger partial charge in [-0.15, -0.1) is 0 Å². The van der Waals surface area contributed by atoms with Gasteiger partial charge >= 0.3 is 0 Å². The highest BCUT2D eigenvalue weighted by Crippen LogP contribution is 2.31. The van der Waals surface area contributed by atoms with E-state index in [0.29, 0.717) is 50.4 Å². The number of nitrogens with zero attached hydrogens (tertiary/aromatic N) is 2. The molecular formula is C20H21FN2O4. The molecule has 2 aliphatic heterocycles. The molecule has 0 atom stereocenters. The van der Waals surface area contributed by atoms with E-state index in [-0.39, 0.29) is 17.3 Å². The lowest BCUT2D eigenvalue weighted by Crippen LogP contribution is -2.48. The van der Waals surface area contributed by atoms with Crippen molar-refractivity contribution in [3.8, 4) is 5.69 Å². The first-order valence-corrected chi connectivity index (χ1v) is 9.04. The fraction of sp³-hybridized carbons (Fsp3) is 0.400. The second-order valence-corrected chi connectivity index (χ2v) is 6.93. The molecular weight excluding hydrogens is 351 g/mol. The van der Waals surface area contributed by atoms with Gasteiger partial charge in [-0.3, -0.25) is 14.2 Å². The van der Waals surface area contributed by atoms with Crippen LogP contribution < -0.4 is 5.56 Å². The van der Waals surface area contributed by atoms with Crippen molar-refractivity contribution in [3.63, 3.8) is 0 Å². The van der Waals surface area contributed by atoms with E-state index in [2.05, 4.69) is 0 Å². The number of hydrogen-bond donors (Lipinski definition) is 0. The Bertz CT molecular complexity index is 907. The molecule has 0 radical (unpaired) electrons. The zero-order valence-electron chi connectivity index (χ0n) is 15.1. The number of pyridine rings is 1. The monoisotopic (exact) mass is 372 g/mol. The second-order valence-electron chi connectivity index (χ2n) is 6.93. The summed E-state index contributed by atoms with van der Waals surface area (Å²) in [5, 5.41) is 0. The molecule has 27 heavy (non-hydrogen) atoms. The Balaban J connectivity index is 1.61. The molecule has 6 nitrogen and oxygen atoms in total. The van der Waals surface area contributed by atoms with Crippen LogP contribution in [-0.4, -0.2) is 47.5 Å². The molecule has 0 bridgehead atoms. The van der Waals surface area contributed by atoms with Crippen molar-refractivity contribution in [2.45, 2.75) is 25.6 Å². The smallest absolute Gasteiger partial charge is 0.268 e. The standard InChI is InChI=1S/C20H21FN2O4/c1-14-6-9-23(16-4-2-15(21)3-5-16)19(25)17(14)18(24)22-10-7-20(8-11-22)26-12-13-27-20/h2-6,9H,7-8,10-13H2,1H3. The molecule has 0 N–H and O–H groups in total. The molecule has 3 heterocycles. The maximum absolute atomic E-state index is 13.2. The summed E-state index contributed by atoms with van der Waals surface area (Å²) >= 11 is 0. The van der Waals surface area contributed by atoms with Crippen molar-refractivity contribution in [1.82, 2.24) is 9.47 Å². The summed E-state index contributed by atoms with van der Waals surface area (Å²) in [6, 6.07) is 7.33. The number of hydrogen-bond acceptors (Lipinski definition) is 4. The van der Waals surface area contributed by atoms with E-state index in [0.717, 1.165) is 0 Å². The molecule has 142 valence electrons. The molecule has 4 rings (SSSR count). The minimum Gasteiger partial charge on any atom is -0.347 e. The van der Waals surface area contributed by atoms with Gasteiger partial charge in [0.2, 0.25) is 0 Å². The molecule has 2 aliphatic rings. The molecule has 1 aromatic heterocycles. The lowest BCUT2D eigenvalue weighted by Gasteiger charge is -2.37. The highest BCUT2D eigenvalue weighted by Gasteiger charge is 2.41. The summed E-state index contributed by atoms with van der Waals surface area (Å²) in [4.78, 5) is 27.7. The molecule has 0 aliphatic carbocycles. The van der Waals surface area contributed by atoms with Crippen molar-refractivity contribution in [2.24, 2.45) is 0 Å². The number of rotatable bonds is 2. The summed E-state index contributed by atoms with van der Waals surface area (Å²) in [7, 11) is 0. The van der Waals surface area contributed by atoms with Crippen LogP contribution in [0.25, 0.3) is 5.69 Å². The predicted octanol–water partition coefficient (Wildman–Crippen LogP) is 2.26. The minimum atomic E-state index is -0.573. The molecule has 0 saturated carbocycles. The van der Waals surface area contributed by atoms with Gasteiger partial charge < -0.3 is 14.4 Å². The zero-order chi connectivity index (χ0) is 19.0. The topological polar surface area (TPSA) is 60.8 Å². The average molecular weight is 372 g/mol. The van der Waals surface area contributed by atoms with Gasteiger partial charge in [-0.25, -0.2) is 4.39 Å². The van der Waals surface area contributed by atoms with Gasteiger partial charge in [-0.1, -0.05) is 0 Å². The second kappa shape index (κ2) is 6.90. The van der Waals surface area contributed by atoms with Gasteiger partial charge in [0.25, 0.3) is 11.5 Å². The number of carbonyl (C=O) groups excluding carboxylic acids is 1. The number of ether oxygens (including phenoxy) is 2. The molecule has 1 amide bonds. The number of carbonyl (C=O) groups is 1. The van der Waals surface area contributed by atoms with Crippen LogP contribution in [0.15, 0.2) is 41.3 Å². The summed E-state index contributed by atoms with van der Waals surface area (Å²) in [5.41, 5.74) is 0.879. The summed E-state index contributed by atoms with van der Waals surface area (Å²) in [6.45, 7) is 3.85. The number of aryl methyl sites for hydroxylation is 1. The van der Waals surface area contributed by atoms with Gasteiger partial charge in [-0.2, -0.15) is 0 Å². The number of aromatic nitrogens is 1. The van der Waals surface area contributed by atoms with Gasteiger partial charge in [0.15, 0.2) is 5.79 Å². The van der Waals surface area contributed by atoms with Crippen molar-refractivity contribution >= 4 is 5.91 Å². The third-order valence-corrected chi connectivity index (χ3v) is 5.25. The van der Waals surface area contributed by atoms with Crippen LogP contribution in [0.5, 0.6) is 0 Å². The Morgan fingerprint density at radius 3 is 2.33 bits per heavy atom. The van der Waals surface area contributed by atoms with Crippen LogP contribution >= 0.6 is 0 Å². The molecule has 2 saturated heterocycles. The fourth-order valence-electron chi connectivity index (χ4n) is 3.69. The van der Waals surface area contributed by atoms with Gasteiger partial charge in [-0.05, 0) is 42.8 Å². The van der Waals surface area contributed by atoms with Gasteiger partial charge in [0, 0.05) is 37.8 Å². The quantitative estimate of drug-likeness (QED) is 0.811. The number of amides is 1. The molecule has 7 heteroatoms. The van der Waals surface area contributed by atoms with Crippen LogP contribution in [0, 0.1) is 12.7 Å². The normalized spacial score (nSPS) is 18.8. The van der Waals surface area contributed by atoms with Crippen molar-refractivity contribution in [3.05, 3.63) is 63.8 Å². The number of halogens is 1. The van der Waals surface area contributed by atoms with E-state index in [9.17, 15) is 14.0 Å². The van der Waals surface area contributed by atoms with Crippen LogP contribution in [0.3, 0.4) is 0 Å². The van der Waals surface area contributed by atoms with Crippen LogP contribution in [0.2, 0.25) is 0 Å². The number of likely N-dealkylation sites (tertiary alicyclic amines) is 1. The third-order valence-electron chi connectivity index (χ3n) is 5.25. The Labute approximate surface area is 156 Å². The van der Waals surface area contributed by atoms with Crippen molar-refractivity contribution in [2.75, 3.05) is 26.3 Å². The SMILES string of the molecule is Cc1ccn(-c2ccc(F)cc2)c(=O)c1C(=O)N1CCC2(CC1)OCCO2. The predicted molar refractivity (Wildman–Crippen MR) is 96.5 cm³/mol. The van der Waals surface area contributed by atoms with E-state index in [1.54, 1.807) is 24.1 Å². The highest BCUT2D eigenvalue weighted by atomic mass is 19.1. The Hall–Kier alpha value is -2.51. The maximum atomic E-state index is 13.2. The number of piperidine rings is 1. The lowest BCUT2D eigenvalue weighted by molar-refractivity contribution is -0.181. The third kappa shape index (κ3) is 3.28. The molecule has 2 aromatic rings. The van der Waals surface area contributed by atoms with Gasteiger partial charge in [0.1, 0.15) is 11.4 Å². The van der Waals surface area contributed by atoms with Crippen LogP contribution in [0.1, 0.15) is 28.8 Å². The summed E-state index contributed by atoms with van der Waals surface area (Å²) in [6.07, 6.45) is 2.79. The lowest BCUT2D eigenvalue weighted by atomic mass is 10.0. The van der Waals surface area contributed by atoms with Crippen LogP contribution in [-0.2, 0) is 9.47 Å². The highest BCUT2D eigenvalue weighted by molar-refractivity contribution is 5.95. The number of benzene rings is 1. The van der Waals surface area contributed by atoms with E-state index in [1.807, 2.05) is 0 Å². The van der Waals surface area contributed by atoms with Crippen molar-refractivity contribution in [1.29, 1.82) is 0 Å². The molecule has 0 unspecified atom stereocenters. The Kier molecular flexibility index (Phi) is 4.57. The van der Waals surface area contributed by atoms with Crippen LogP contribution in [0.4, 0.5) is 4.39 Å². The van der Waals surface area contributed by atoms with Crippen molar-refractivity contribution < 1.29 is 18.7 Å². The van der Waals surface area contributed by atoms with E-state index in [1.165, 1.54) is 28.8 Å². The first kappa shape index (κ1) is 17.9. The largest absolute Gasteiger partial charge is 0.347 e. The van der Waals surface area contributed by atoms with E-state index < -0.39 is 11.3 Å². The summed E-state index contributed by atoms with van der Waals surface area (Å²) in [5.74, 6) is -1.24. The fourth-order valence-corrected chi connectivity index (χ4v) is 3.69. The minimum absolute atomic E-state index is 0.144. The molecule has 1 aromatic carbocycles. The maximum Gasteiger partial charge on any atom is 0.268 e. The average Bonchev–Trinajstić information content (AvgIpc) is 3.11. The summed E-state index contributed by atoms with van der Waals surface area (Å²) < 4.78 is 25.9. The molecule has 2 fully saturated rings. The first-order valence-electron chi connectivity index (χ1n) is 9.04. The van der Waals surface area contributed by atoms with E-state index in [4.69, 9.17) is 9.47 Å². The van der Waals surface area contributed by atoms with Gasteiger partial charge in [0.05, 0.1) is 13.2 Å². The Morgan fingerprint density at radius 2 is 1.70 bits per heavy atom. The Morgan fingerprint density at radius 1 is 1.07 bits per heavy atom. The van der Waals surface area contributed by atoms with E-state index >= 15 is 0 Å².